The van der Waals surface area contributed by atoms with Crippen LogP contribution in [0.4, 0.5) is 15.8 Å². The van der Waals surface area contributed by atoms with Gasteiger partial charge < -0.3 is 30.0 Å². The summed E-state index contributed by atoms with van der Waals surface area (Å²) in [5.41, 5.74) is 0.00949. The van der Waals surface area contributed by atoms with E-state index < -0.39 is 35.6 Å². The first kappa shape index (κ1) is 31.0. The summed E-state index contributed by atoms with van der Waals surface area (Å²) in [5, 5.41) is 15.1. The Kier molecular flexibility index (Phi) is 9.57. The van der Waals surface area contributed by atoms with Crippen molar-refractivity contribution in [2.45, 2.75) is 12.8 Å². The molecule has 1 heterocycles. The molecule has 42 heavy (non-hydrogen) atoms. The Morgan fingerprint density at radius 1 is 0.929 bits per heavy atom. The Bertz CT molecular complexity index is 1670. The Morgan fingerprint density at radius 3 is 2.21 bits per heavy atom. The van der Waals surface area contributed by atoms with Gasteiger partial charge in [-0.1, -0.05) is 11.6 Å². The Morgan fingerprint density at radius 2 is 1.60 bits per heavy atom. The van der Waals surface area contributed by atoms with Gasteiger partial charge in [-0.05, 0) is 67.4 Å². The molecule has 1 aliphatic carbocycles. The Hall–Kier alpha value is -3.90. The number of carbonyl (C=O) groups is 3. The quantitative estimate of drug-likeness (QED) is 0.170. The van der Waals surface area contributed by atoms with Gasteiger partial charge in [0.1, 0.15) is 22.7 Å². The number of methoxy groups -OCH3 is 1. The van der Waals surface area contributed by atoms with Crippen LogP contribution in [0.2, 0.25) is 5.02 Å². The summed E-state index contributed by atoms with van der Waals surface area (Å²) < 4.78 is 29.8. The van der Waals surface area contributed by atoms with Gasteiger partial charge in [-0.25, -0.2) is 9.18 Å². The number of benzene rings is 3. The van der Waals surface area contributed by atoms with Gasteiger partial charge in [0, 0.05) is 29.0 Å². The van der Waals surface area contributed by atoms with Crippen LogP contribution in [0.15, 0.2) is 66.9 Å². The number of rotatable bonds is 10. The van der Waals surface area contributed by atoms with E-state index >= 15 is 0 Å². The van der Waals surface area contributed by atoms with Crippen LogP contribution < -0.4 is 24.8 Å². The number of nitrogens with one attached hydrogen (secondary N) is 2. The molecule has 13 heteroatoms. The third kappa shape index (κ3) is 6.76. The second-order valence-corrected chi connectivity index (χ2v) is 9.66. The van der Waals surface area contributed by atoms with E-state index in [4.69, 9.17) is 30.9 Å². The van der Waals surface area contributed by atoms with E-state index in [9.17, 15) is 18.8 Å². The number of fused-ring (bicyclic) bond motifs is 1. The zero-order chi connectivity index (χ0) is 29.1. The fourth-order valence-corrected chi connectivity index (χ4v) is 4.35. The minimum absolute atomic E-state index is 0. The van der Waals surface area contributed by atoms with Crippen molar-refractivity contribution in [3.05, 3.63) is 77.7 Å². The standard InChI is InChI=1S/C29H23ClFN3O7.Na.H/c1-39-24-13-19-21(14-25(24)40-15-26(35)36)32-11-8-22(19)41-23-7-6-18(12-20(23)30)34-28(38)29(9-10-29)27(37)33-17-4-2-16(31)3-5-17;;/h2-8,11-14H,9-10,15H2,1H3,(H,33,37)(H,34,38)(H,35,36);;. The number of carboxylic acids is 1. The molecule has 0 bridgehead atoms. The topological polar surface area (TPSA) is 136 Å². The number of aromatic nitrogens is 1. The van der Waals surface area contributed by atoms with Crippen molar-refractivity contribution in [2.24, 2.45) is 5.41 Å². The molecule has 2 amide bonds. The molecule has 212 valence electrons. The van der Waals surface area contributed by atoms with E-state index in [0.29, 0.717) is 46.6 Å². The summed E-state index contributed by atoms with van der Waals surface area (Å²) in [4.78, 5) is 41.0. The number of ether oxygens (including phenoxy) is 3. The van der Waals surface area contributed by atoms with Crippen LogP contribution in [0.25, 0.3) is 10.9 Å². The summed E-state index contributed by atoms with van der Waals surface area (Å²) in [6, 6.07) is 14.8. The molecule has 4 aromatic rings. The molecular formula is C29H24ClFN3NaO7. The summed E-state index contributed by atoms with van der Waals surface area (Å²) >= 11 is 6.48. The van der Waals surface area contributed by atoms with Gasteiger partial charge in [-0.15, -0.1) is 0 Å². The van der Waals surface area contributed by atoms with Crippen molar-refractivity contribution >= 4 is 81.2 Å². The van der Waals surface area contributed by atoms with Gasteiger partial charge in [-0.2, -0.15) is 0 Å². The SMILES string of the molecule is COc1cc2c(Oc3ccc(NC(=O)C4(C(=O)Nc5ccc(F)cc5)CC4)cc3Cl)ccnc2cc1OCC(=O)O.[NaH]. The molecule has 1 fully saturated rings. The molecule has 0 unspecified atom stereocenters. The fourth-order valence-electron chi connectivity index (χ4n) is 4.13. The zero-order valence-corrected chi connectivity index (χ0v) is 22.3. The average molecular weight is 604 g/mol. The molecule has 1 saturated carbocycles. The van der Waals surface area contributed by atoms with Gasteiger partial charge in [0.15, 0.2) is 18.1 Å². The minimum atomic E-state index is -1.22. The maximum absolute atomic E-state index is 13.2. The van der Waals surface area contributed by atoms with E-state index in [1.807, 2.05) is 0 Å². The van der Waals surface area contributed by atoms with Crippen LogP contribution in [0.3, 0.4) is 0 Å². The molecule has 3 N–H and O–H groups in total. The number of aliphatic carboxylic acids is 1. The number of anilines is 2. The van der Waals surface area contributed by atoms with Crippen LogP contribution >= 0.6 is 11.6 Å². The van der Waals surface area contributed by atoms with E-state index in [-0.39, 0.29) is 46.1 Å². The first-order chi connectivity index (χ1) is 19.7. The number of hydrogen-bond acceptors (Lipinski definition) is 7. The van der Waals surface area contributed by atoms with Gasteiger partial charge in [0.05, 0.1) is 17.6 Å². The van der Waals surface area contributed by atoms with Crippen molar-refractivity contribution in [3.8, 4) is 23.0 Å². The maximum atomic E-state index is 13.2. The second-order valence-electron chi connectivity index (χ2n) is 9.26. The molecule has 1 aliphatic rings. The third-order valence-electron chi connectivity index (χ3n) is 6.47. The van der Waals surface area contributed by atoms with Crippen LogP contribution in [0.5, 0.6) is 23.0 Å². The predicted molar refractivity (Wildman–Crippen MR) is 155 cm³/mol. The number of nitrogens with zero attached hydrogens (tertiary/aromatic N) is 1. The molecule has 0 spiro atoms. The third-order valence-corrected chi connectivity index (χ3v) is 6.76. The van der Waals surface area contributed by atoms with Crippen molar-refractivity contribution < 1.29 is 38.1 Å². The van der Waals surface area contributed by atoms with Crippen molar-refractivity contribution in [3.63, 3.8) is 0 Å². The van der Waals surface area contributed by atoms with E-state index in [1.165, 1.54) is 43.6 Å². The molecule has 1 aromatic heterocycles. The molecule has 0 atom stereocenters. The Labute approximate surface area is 266 Å². The summed E-state index contributed by atoms with van der Waals surface area (Å²) in [6.07, 6.45) is 2.27. The normalized spacial score (nSPS) is 12.9. The number of amides is 2. The molecule has 3 aromatic carbocycles. The fraction of sp³-hybridized carbons (Fsp3) is 0.172. The van der Waals surface area contributed by atoms with Crippen LogP contribution in [0.1, 0.15) is 12.8 Å². The van der Waals surface area contributed by atoms with Crippen LogP contribution in [-0.4, -0.2) is 71.1 Å². The van der Waals surface area contributed by atoms with Crippen LogP contribution in [0, 0.1) is 11.2 Å². The molecule has 5 rings (SSSR count). The molecule has 0 aliphatic heterocycles. The van der Waals surface area contributed by atoms with E-state index in [2.05, 4.69) is 15.6 Å². The summed E-state index contributed by atoms with van der Waals surface area (Å²) in [6.45, 7) is -0.545. The number of pyridine rings is 1. The number of halogens is 2. The van der Waals surface area contributed by atoms with E-state index in [1.54, 1.807) is 30.3 Å². The summed E-state index contributed by atoms with van der Waals surface area (Å²) in [5.74, 6) is -1.32. The molecular weight excluding hydrogens is 580 g/mol. The van der Waals surface area contributed by atoms with E-state index in [0.717, 1.165) is 0 Å². The first-order valence-corrected chi connectivity index (χ1v) is 12.7. The second kappa shape index (κ2) is 13.0. The molecule has 10 nitrogen and oxygen atoms in total. The van der Waals surface area contributed by atoms with Crippen LogP contribution in [-0.2, 0) is 14.4 Å². The van der Waals surface area contributed by atoms with Gasteiger partial charge >= 0.3 is 35.5 Å². The van der Waals surface area contributed by atoms with Crippen molar-refractivity contribution in [1.29, 1.82) is 0 Å². The number of carbonyl (C=O) groups excluding carboxylic acids is 2. The first-order valence-electron chi connectivity index (χ1n) is 12.4. The van der Waals surface area contributed by atoms with Gasteiger partial charge in [0.25, 0.3) is 0 Å². The predicted octanol–water partition coefficient (Wildman–Crippen LogP) is 5.00. The Balaban J connectivity index is 0.00000405. The number of hydrogen-bond donors (Lipinski definition) is 3. The molecule has 0 saturated heterocycles. The molecule has 0 radical (unpaired) electrons. The average Bonchev–Trinajstić information content (AvgIpc) is 3.77. The zero-order valence-electron chi connectivity index (χ0n) is 21.6. The summed E-state index contributed by atoms with van der Waals surface area (Å²) in [7, 11) is 1.42. The van der Waals surface area contributed by atoms with Gasteiger partial charge in [0.2, 0.25) is 11.8 Å². The van der Waals surface area contributed by atoms with Gasteiger partial charge in [-0.3, -0.25) is 14.6 Å². The van der Waals surface area contributed by atoms with Crippen molar-refractivity contribution in [2.75, 3.05) is 24.4 Å². The monoisotopic (exact) mass is 603 g/mol. The van der Waals surface area contributed by atoms with Crippen molar-refractivity contribution in [1.82, 2.24) is 4.98 Å². The number of carboxylic acid groups (broad SMARTS) is 1.